The van der Waals surface area contributed by atoms with Crippen molar-refractivity contribution < 1.29 is 18.7 Å². The van der Waals surface area contributed by atoms with Crippen LogP contribution in [0.5, 0.6) is 0 Å². The van der Waals surface area contributed by atoms with Crippen molar-refractivity contribution in [2.45, 2.75) is 0 Å². The van der Waals surface area contributed by atoms with Crippen molar-refractivity contribution in [2.75, 3.05) is 0 Å². The molecule has 0 aliphatic carbocycles. The third kappa shape index (κ3) is 2.61. The monoisotopic (exact) mass is 209 g/mol. The third-order valence-electron chi connectivity index (χ3n) is 1.59. The Kier molecular flexibility index (Phi) is 3.13. The molecule has 0 aliphatic heterocycles. The molecule has 0 aliphatic rings. The molecule has 1 aromatic carbocycles. The first-order chi connectivity index (χ1) is 7.04. The maximum Gasteiger partial charge on any atom is 0.328 e. The predicted molar refractivity (Wildman–Crippen MR) is 47.7 cm³/mol. The molecular formula is C10H5F2NO2. The summed E-state index contributed by atoms with van der Waals surface area (Å²) in [5, 5.41) is 16.8. The summed E-state index contributed by atoms with van der Waals surface area (Å²) in [4.78, 5) is 10.2. The van der Waals surface area contributed by atoms with E-state index in [0.29, 0.717) is 6.08 Å². The van der Waals surface area contributed by atoms with Crippen LogP contribution in [0.15, 0.2) is 18.2 Å². The molecule has 1 aromatic rings. The standard InChI is InChI=1S/C10H5F2NO2/c11-8-4-6(5-13)3-7(10(8)12)1-2-9(14)15/h1-4H,(H,14,15)/b2-1+. The van der Waals surface area contributed by atoms with E-state index < -0.39 is 17.6 Å². The molecule has 3 nitrogen and oxygen atoms in total. The van der Waals surface area contributed by atoms with E-state index in [0.717, 1.165) is 18.2 Å². The van der Waals surface area contributed by atoms with Crippen LogP contribution in [0.4, 0.5) is 8.78 Å². The van der Waals surface area contributed by atoms with Crippen LogP contribution >= 0.6 is 0 Å². The first-order valence-corrected chi connectivity index (χ1v) is 3.84. The molecule has 5 heteroatoms. The maximum absolute atomic E-state index is 13.0. The molecule has 0 unspecified atom stereocenters. The molecule has 0 heterocycles. The number of carboxylic acid groups (broad SMARTS) is 1. The second-order valence-corrected chi connectivity index (χ2v) is 2.64. The highest BCUT2D eigenvalue weighted by Crippen LogP contribution is 2.15. The molecule has 0 aromatic heterocycles. The Bertz CT molecular complexity index is 475. The van der Waals surface area contributed by atoms with Crippen LogP contribution in [0, 0.1) is 23.0 Å². The molecule has 0 atom stereocenters. The Morgan fingerprint density at radius 1 is 1.47 bits per heavy atom. The number of hydrogen-bond donors (Lipinski definition) is 1. The number of benzene rings is 1. The number of nitriles is 1. The van der Waals surface area contributed by atoms with Gasteiger partial charge in [-0.25, -0.2) is 13.6 Å². The zero-order chi connectivity index (χ0) is 11.4. The summed E-state index contributed by atoms with van der Waals surface area (Å²) in [7, 11) is 0. The molecule has 0 radical (unpaired) electrons. The minimum Gasteiger partial charge on any atom is -0.478 e. The SMILES string of the molecule is N#Cc1cc(F)c(F)c(/C=C/C(=O)O)c1. The van der Waals surface area contributed by atoms with Crippen LogP contribution in [-0.2, 0) is 4.79 Å². The minimum absolute atomic E-state index is 0.0704. The van der Waals surface area contributed by atoms with Gasteiger partial charge in [-0.2, -0.15) is 5.26 Å². The van der Waals surface area contributed by atoms with Gasteiger partial charge >= 0.3 is 5.97 Å². The van der Waals surface area contributed by atoms with Gasteiger partial charge in [0, 0.05) is 11.6 Å². The van der Waals surface area contributed by atoms with Gasteiger partial charge < -0.3 is 5.11 Å². The minimum atomic E-state index is -1.28. The van der Waals surface area contributed by atoms with Gasteiger partial charge in [-0.15, -0.1) is 0 Å². The van der Waals surface area contributed by atoms with Gasteiger partial charge in [0.15, 0.2) is 11.6 Å². The number of hydrogen-bond acceptors (Lipinski definition) is 2. The lowest BCUT2D eigenvalue weighted by molar-refractivity contribution is -0.131. The highest BCUT2D eigenvalue weighted by molar-refractivity contribution is 5.85. The molecule has 1 N–H and O–H groups in total. The van der Waals surface area contributed by atoms with Crippen molar-refractivity contribution in [2.24, 2.45) is 0 Å². The summed E-state index contributed by atoms with van der Waals surface area (Å²) < 4.78 is 25.9. The summed E-state index contributed by atoms with van der Waals surface area (Å²) in [5.74, 6) is -3.64. The van der Waals surface area contributed by atoms with Crippen LogP contribution in [0.3, 0.4) is 0 Å². The van der Waals surface area contributed by atoms with Crippen molar-refractivity contribution in [1.82, 2.24) is 0 Å². The summed E-state index contributed by atoms with van der Waals surface area (Å²) in [6.45, 7) is 0. The van der Waals surface area contributed by atoms with Gasteiger partial charge in [-0.1, -0.05) is 0 Å². The average molecular weight is 209 g/mol. The quantitative estimate of drug-likeness (QED) is 0.757. The smallest absolute Gasteiger partial charge is 0.328 e. The molecule has 0 saturated carbocycles. The molecule has 0 bridgehead atoms. The number of halogens is 2. The summed E-state index contributed by atoms with van der Waals surface area (Å²) >= 11 is 0. The first-order valence-electron chi connectivity index (χ1n) is 3.84. The summed E-state index contributed by atoms with van der Waals surface area (Å²) in [6, 6.07) is 3.45. The van der Waals surface area contributed by atoms with E-state index in [1.807, 2.05) is 0 Å². The molecule has 1 rings (SSSR count). The summed E-state index contributed by atoms with van der Waals surface area (Å²) in [5.41, 5.74) is -0.340. The van der Waals surface area contributed by atoms with Crippen molar-refractivity contribution in [3.63, 3.8) is 0 Å². The summed E-state index contributed by atoms with van der Waals surface area (Å²) in [6.07, 6.45) is 1.56. The second kappa shape index (κ2) is 4.33. The molecule has 15 heavy (non-hydrogen) atoms. The molecular weight excluding hydrogens is 204 g/mol. The number of carbonyl (C=O) groups is 1. The Hall–Kier alpha value is -2.22. The fourth-order valence-electron chi connectivity index (χ4n) is 0.957. The van der Waals surface area contributed by atoms with Gasteiger partial charge in [0.25, 0.3) is 0 Å². The second-order valence-electron chi connectivity index (χ2n) is 2.64. The van der Waals surface area contributed by atoms with Crippen LogP contribution in [-0.4, -0.2) is 11.1 Å². The lowest BCUT2D eigenvalue weighted by atomic mass is 10.1. The van der Waals surface area contributed by atoms with Gasteiger partial charge in [-0.05, 0) is 18.2 Å². The average Bonchev–Trinajstić information content (AvgIpc) is 2.19. The third-order valence-corrected chi connectivity index (χ3v) is 1.59. The zero-order valence-corrected chi connectivity index (χ0v) is 7.37. The largest absolute Gasteiger partial charge is 0.478 e. The van der Waals surface area contributed by atoms with E-state index >= 15 is 0 Å². The van der Waals surface area contributed by atoms with Crippen LogP contribution in [0.25, 0.3) is 6.08 Å². The van der Waals surface area contributed by atoms with Gasteiger partial charge in [0.1, 0.15) is 0 Å². The fraction of sp³-hybridized carbons (Fsp3) is 0. The van der Waals surface area contributed by atoms with Crippen LogP contribution in [0.2, 0.25) is 0 Å². The van der Waals surface area contributed by atoms with Crippen LogP contribution < -0.4 is 0 Å². The lowest BCUT2D eigenvalue weighted by Gasteiger charge is -1.98. The van der Waals surface area contributed by atoms with Crippen LogP contribution in [0.1, 0.15) is 11.1 Å². The van der Waals surface area contributed by atoms with Crippen molar-refractivity contribution in [1.29, 1.82) is 5.26 Å². The lowest BCUT2D eigenvalue weighted by Crippen LogP contribution is -1.92. The first kappa shape index (κ1) is 10.9. The Balaban J connectivity index is 3.23. The van der Waals surface area contributed by atoms with Gasteiger partial charge in [0.2, 0.25) is 0 Å². The molecule has 0 saturated heterocycles. The van der Waals surface area contributed by atoms with E-state index in [1.165, 1.54) is 0 Å². The van der Waals surface area contributed by atoms with Crippen molar-refractivity contribution >= 4 is 12.0 Å². The van der Waals surface area contributed by atoms with Crippen molar-refractivity contribution in [3.8, 4) is 6.07 Å². The zero-order valence-electron chi connectivity index (χ0n) is 7.37. The highest BCUT2D eigenvalue weighted by atomic mass is 19.2. The van der Waals surface area contributed by atoms with E-state index in [9.17, 15) is 13.6 Å². The highest BCUT2D eigenvalue weighted by Gasteiger charge is 2.08. The Labute approximate surface area is 83.9 Å². The van der Waals surface area contributed by atoms with Crippen molar-refractivity contribution in [3.05, 3.63) is 41.0 Å². The van der Waals surface area contributed by atoms with E-state index in [-0.39, 0.29) is 11.1 Å². The number of aliphatic carboxylic acids is 1. The van der Waals surface area contributed by atoms with E-state index in [1.54, 1.807) is 6.07 Å². The molecule has 0 spiro atoms. The fourth-order valence-corrected chi connectivity index (χ4v) is 0.957. The number of rotatable bonds is 2. The van der Waals surface area contributed by atoms with E-state index in [4.69, 9.17) is 10.4 Å². The normalized spacial score (nSPS) is 10.2. The molecule has 76 valence electrons. The number of carboxylic acids is 1. The number of nitrogens with zero attached hydrogens (tertiary/aromatic N) is 1. The predicted octanol–water partition coefficient (Wildman–Crippen LogP) is 1.93. The molecule has 0 fully saturated rings. The Morgan fingerprint density at radius 3 is 2.67 bits per heavy atom. The van der Waals surface area contributed by atoms with E-state index in [2.05, 4.69) is 0 Å². The maximum atomic E-state index is 13.0. The molecule has 0 amide bonds. The Morgan fingerprint density at radius 2 is 2.13 bits per heavy atom. The van der Waals surface area contributed by atoms with Gasteiger partial charge in [-0.3, -0.25) is 0 Å². The van der Waals surface area contributed by atoms with Gasteiger partial charge in [0.05, 0.1) is 11.6 Å². The topological polar surface area (TPSA) is 61.1 Å².